The molecule has 0 saturated carbocycles. The van der Waals surface area contributed by atoms with Gasteiger partial charge in [-0.25, -0.2) is 9.97 Å². The van der Waals surface area contributed by atoms with Crippen LogP contribution in [0.5, 0.6) is 0 Å². The number of likely N-dealkylation sites (tertiary alicyclic amines) is 1. The number of hydrogen-bond donors (Lipinski definition) is 1. The standard InChI is InChI=1S/C11H17BrN4/c1-16-5-3-2-4-9(16)6-14-11-10(12)7-13-8-15-11/h7-9H,2-6H2,1H3,(H,13,14,15). The summed E-state index contributed by atoms with van der Waals surface area (Å²) in [6.45, 7) is 2.16. The second-order valence-corrected chi connectivity index (χ2v) is 5.08. The van der Waals surface area contributed by atoms with Crippen LogP contribution in [0, 0.1) is 0 Å². The molecule has 88 valence electrons. The van der Waals surface area contributed by atoms with Crippen molar-refractivity contribution in [3.8, 4) is 0 Å². The van der Waals surface area contributed by atoms with Gasteiger partial charge in [0.25, 0.3) is 0 Å². The van der Waals surface area contributed by atoms with E-state index in [1.54, 1.807) is 12.5 Å². The first-order valence-electron chi connectivity index (χ1n) is 5.67. The Bertz CT molecular complexity index is 345. The highest BCUT2D eigenvalue weighted by Crippen LogP contribution is 2.19. The van der Waals surface area contributed by atoms with E-state index < -0.39 is 0 Å². The average molecular weight is 285 g/mol. The van der Waals surface area contributed by atoms with Crippen LogP contribution in [0.3, 0.4) is 0 Å². The van der Waals surface area contributed by atoms with Crippen LogP contribution in [0.1, 0.15) is 19.3 Å². The maximum atomic E-state index is 4.20. The quantitative estimate of drug-likeness (QED) is 0.923. The zero-order valence-electron chi connectivity index (χ0n) is 9.49. The summed E-state index contributed by atoms with van der Waals surface area (Å²) in [6, 6.07) is 0.621. The Balaban J connectivity index is 1.89. The van der Waals surface area contributed by atoms with Crippen molar-refractivity contribution in [1.29, 1.82) is 0 Å². The van der Waals surface area contributed by atoms with Crippen LogP contribution in [0.25, 0.3) is 0 Å². The Kier molecular flexibility index (Phi) is 4.12. The number of hydrogen-bond acceptors (Lipinski definition) is 4. The van der Waals surface area contributed by atoms with Gasteiger partial charge < -0.3 is 10.2 Å². The van der Waals surface area contributed by atoms with Crippen LogP contribution in [-0.4, -0.2) is 41.0 Å². The molecule has 0 amide bonds. The highest BCUT2D eigenvalue weighted by Gasteiger charge is 2.18. The molecule has 1 fully saturated rings. The van der Waals surface area contributed by atoms with Crippen LogP contribution >= 0.6 is 15.9 Å². The maximum absolute atomic E-state index is 4.20. The van der Waals surface area contributed by atoms with E-state index in [1.807, 2.05) is 0 Å². The van der Waals surface area contributed by atoms with E-state index >= 15 is 0 Å². The van der Waals surface area contributed by atoms with Crippen LogP contribution in [0.2, 0.25) is 0 Å². The normalized spacial score (nSPS) is 22.0. The molecule has 1 aliphatic rings. The zero-order valence-corrected chi connectivity index (χ0v) is 11.1. The summed E-state index contributed by atoms with van der Waals surface area (Å²) in [6.07, 6.45) is 7.26. The predicted molar refractivity (Wildman–Crippen MR) is 68.5 cm³/mol. The molecule has 0 aliphatic carbocycles. The van der Waals surface area contributed by atoms with Crippen LogP contribution in [0.4, 0.5) is 5.82 Å². The van der Waals surface area contributed by atoms with E-state index in [4.69, 9.17) is 0 Å². The summed E-state index contributed by atoms with van der Waals surface area (Å²) in [4.78, 5) is 10.6. The van der Waals surface area contributed by atoms with Gasteiger partial charge in [-0.1, -0.05) is 6.42 Å². The molecular formula is C11H17BrN4. The number of nitrogens with zero attached hydrogens (tertiary/aromatic N) is 3. The lowest BCUT2D eigenvalue weighted by atomic mass is 10.0. The molecule has 5 heteroatoms. The first-order valence-corrected chi connectivity index (χ1v) is 6.46. The minimum Gasteiger partial charge on any atom is -0.367 e. The molecule has 1 aromatic rings. The molecule has 0 aromatic carbocycles. The van der Waals surface area contributed by atoms with Gasteiger partial charge in [0, 0.05) is 18.8 Å². The summed E-state index contributed by atoms with van der Waals surface area (Å²) in [5.41, 5.74) is 0. The summed E-state index contributed by atoms with van der Waals surface area (Å²) >= 11 is 3.44. The van der Waals surface area contributed by atoms with Crippen molar-refractivity contribution in [1.82, 2.24) is 14.9 Å². The summed E-state index contributed by atoms with van der Waals surface area (Å²) in [5.74, 6) is 0.883. The summed E-state index contributed by atoms with van der Waals surface area (Å²) in [7, 11) is 2.19. The molecule has 1 aliphatic heterocycles. The molecule has 0 radical (unpaired) electrons. The van der Waals surface area contributed by atoms with Gasteiger partial charge in [0.15, 0.2) is 0 Å². The predicted octanol–water partition coefficient (Wildman–Crippen LogP) is 2.14. The van der Waals surface area contributed by atoms with Crippen molar-refractivity contribution in [2.75, 3.05) is 25.5 Å². The van der Waals surface area contributed by atoms with E-state index in [0.29, 0.717) is 6.04 Å². The van der Waals surface area contributed by atoms with Gasteiger partial charge in [0.2, 0.25) is 0 Å². The van der Waals surface area contributed by atoms with Crippen molar-refractivity contribution in [3.05, 3.63) is 17.0 Å². The van der Waals surface area contributed by atoms with Gasteiger partial charge in [0.05, 0.1) is 4.47 Å². The molecule has 2 heterocycles. The van der Waals surface area contributed by atoms with Gasteiger partial charge >= 0.3 is 0 Å². The smallest absolute Gasteiger partial charge is 0.143 e. The van der Waals surface area contributed by atoms with E-state index in [-0.39, 0.29) is 0 Å². The number of likely N-dealkylation sites (N-methyl/N-ethyl adjacent to an activating group) is 1. The van der Waals surface area contributed by atoms with Crippen molar-refractivity contribution >= 4 is 21.7 Å². The summed E-state index contributed by atoms with van der Waals surface area (Å²) in [5, 5.41) is 3.37. The number of anilines is 1. The molecule has 0 bridgehead atoms. The van der Waals surface area contributed by atoms with Crippen molar-refractivity contribution in [2.45, 2.75) is 25.3 Å². The number of halogens is 1. The lowest BCUT2D eigenvalue weighted by molar-refractivity contribution is 0.194. The Hall–Kier alpha value is -0.680. The van der Waals surface area contributed by atoms with Crippen molar-refractivity contribution < 1.29 is 0 Å². The van der Waals surface area contributed by atoms with E-state index in [1.165, 1.54) is 25.8 Å². The third kappa shape index (κ3) is 2.92. The fourth-order valence-electron chi connectivity index (χ4n) is 2.06. The van der Waals surface area contributed by atoms with Gasteiger partial charge in [-0.3, -0.25) is 0 Å². The van der Waals surface area contributed by atoms with E-state index in [0.717, 1.165) is 16.8 Å². The number of aromatic nitrogens is 2. The van der Waals surface area contributed by atoms with E-state index in [2.05, 4.69) is 43.2 Å². The third-order valence-corrected chi connectivity index (χ3v) is 3.67. The lowest BCUT2D eigenvalue weighted by Crippen LogP contribution is -2.40. The Labute approximate surface area is 105 Å². The number of nitrogens with one attached hydrogen (secondary N) is 1. The first-order chi connectivity index (χ1) is 7.77. The van der Waals surface area contributed by atoms with Gasteiger partial charge in [-0.2, -0.15) is 0 Å². The summed E-state index contributed by atoms with van der Waals surface area (Å²) < 4.78 is 0.925. The fraction of sp³-hybridized carbons (Fsp3) is 0.636. The highest BCUT2D eigenvalue weighted by molar-refractivity contribution is 9.10. The molecular weight excluding hydrogens is 268 g/mol. The Morgan fingerprint density at radius 3 is 3.19 bits per heavy atom. The largest absolute Gasteiger partial charge is 0.367 e. The van der Waals surface area contributed by atoms with Crippen LogP contribution in [0.15, 0.2) is 17.0 Å². The zero-order chi connectivity index (χ0) is 11.4. The molecule has 0 spiro atoms. The molecule has 4 nitrogen and oxygen atoms in total. The minimum atomic E-state index is 0.621. The molecule has 1 aromatic heterocycles. The monoisotopic (exact) mass is 284 g/mol. The fourth-order valence-corrected chi connectivity index (χ4v) is 2.42. The van der Waals surface area contributed by atoms with Gasteiger partial charge in [-0.15, -0.1) is 0 Å². The van der Waals surface area contributed by atoms with Crippen LogP contribution < -0.4 is 5.32 Å². The third-order valence-electron chi connectivity index (χ3n) is 3.09. The van der Waals surface area contributed by atoms with Crippen LogP contribution in [-0.2, 0) is 0 Å². The lowest BCUT2D eigenvalue weighted by Gasteiger charge is -2.32. The maximum Gasteiger partial charge on any atom is 0.143 e. The molecule has 16 heavy (non-hydrogen) atoms. The van der Waals surface area contributed by atoms with Gasteiger partial charge in [0.1, 0.15) is 12.1 Å². The SMILES string of the molecule is CN1CCCCC1CNc1ncncc1Br. The second kappa shape index (κ2) is 5.59. The van der Waals surface area contributed by atoms with E-state index in [9.17, 15) is 0 Å². The Morgan fingerprint density at radius 1 is 1.56 bits per heavy atom. The van der Waals surface area contributed by atoms with Gasteiger partial charge in [-0.05, 0) is 42.4 Å². The van der Waals surface area contributed by atoms with Crippen molar-refractivity contribution in [2.24, 2.45) is 0 Å². The molecule has 2 rings (SSSR count). The van der Waals surface area contributed by atoms with Crippen molar-refractivity contribution in [3.63, 3.8) is 0 Å². The topological polar surface area (TPSA) is 41.0 Å². The number of rotatable bonds is 3. The highest BCUT2D eigenvalue weighted by atomic mass is 79.9. The average Bonchev–Trinajstić information content (AvgIpc) is 2.30. The first kappa shape index (κ1) is 11.8. The molecule has 1 atom stereocenters. The number of piperidine rings is 1. The molecule has 1 N–H and O–H groups in total. The second-order valence-electron chi connectivity index (χ2n) is 4.23. The molecule has 1 saturated heterocycles. The minimum absolute atomic E-state index is 0.621. The molecule has 1 unspecified atom stereocenters. The Morgan fingerprint density at radius 2 is 2.44 bits per heavy atom.